The Hall–Kier alpha value is -0.860. The molecule has 0 spiro atoms. The minimum absolute atomic E-state index is 0.421. The molecule has 1 aliphatic rings. The molecule has 0 aliphatic carbocycles. The maximum atomic E-state index is 5.78. The number of benzene rings is 1. The molecular formula is C18H29NO. The van der Waals surface area contributed by atoms with E-state index in [0.717, 1.165) is 19.6 Å². The van der Waals surface area contributed by atoms with E-state index in [4.69, 9.17) is 4.74 Å². The predicted molar refractivity (Wildman–Crippen MR) is 85.2 cm³/mol. The summed E-state index contributed by atoms with van der Waals surface area (Å²) in [5, 5.41) is 3.75. The van der Waals surface area contributed by atoms with Gasteiger partial charge in [0.05, 0.1) is 12.7 Å². The summed E-state index contributed by atoms with van der Waals surface area (Å²) in [5.74, 6) is 0.650. The van der Waals surface area contributed by atoms with E-state index in [1.807, 2.05) is 0 Å². The Morgan fingerprint density at radius 2 is 2.15 bits per heavy atom. The van der Waals surface area contributed by atoms with Crippen molar-refractivity contribution in [1.29, 1.82) is 0 Å². The molecule has 1 aromatic rings. The molecule has 3 atom stereocenters. The Labute approximate surface area is 123 Å². The summed E-state index contributed by atoms with van der Waals surface area (Å²) in [6.45, 7) is 10.8. The van der Waals surface area contributed by atoms with E-state index in [1.54, 1.807) is 0 Å². The second-order valence-electron chi connectivity index (χ2n) is 6.33. The van der Waals surface area contributed by atoms with Gasteiger partial charge >= 0.3 is 0 Å². The van der Waals surface area contributed by atoms with Crippen LogP contribution in [0.5, 0.6) is 0 Å². The van der Waals surface area contributed by atoms with Crippen LogP contribution in [-0.4, -0.2) is 25.3 Å². The molecule has 1 aliphatic heterocycles. The van der Waals surface area contributed by atoms with Gasteiger partial charge in [-0.1, -0.05) is 30.7 Å². The lowest BCUT2D eigenvalue weighted by molar-refractivity contribution is 0.117. The molecule has 2 rings (SSSR count). The Bertz CT molecular complexity index is 429. The average Bonchev–Trinajstić information content (AvgIpc) is 2.85. The molecule has 1 N–H and O–H groups in total. The highest BCUT2D eigenvalue weighted by Gasteiger charge is 2.29. The molecule has 0 radical (unpaired) electrons. The lowest BCUT2D eigenvalue weighted by atomic mass is 9.89. The van der Waals surface area contributed by atoms with Gasteiger partial charge in [0, 0.05) is 12.0 Å². The lowest BCUT2D eigenvalue weighted by Gasteiger charge is -2.25. The molecule has 1 aromatic carbocycles. The third kappa shape index (κ3) is 4.07. The van der Waals surface area contributed by atoms with Crippen LogP contribution in [-0.2, 0) is 11.2 Å². The molecule has 1 fully saturated rings. The maximum absolute atomic E-state index is 5.78. The summed E-state index contributed by atoms with van der Waals surface area (Å²) in [6.07, 6.45) is 3.91. The monoisotopic (exact) mass is 275 g/mol. The Balaban J connectivity index is 2.08. The molecule has 0 aromatic heterocycles. The molecule has 1 heterocycles. The number of ether oxygens (including phenoxy) is 1. The summed E-state index contributed by atoms with van der Waals surface area (Å²) in [7, 11) is 0. The van der Waals surface area contributed by atoms with Crippen LogP contribution in [0.3, 0.4) is 0 Å². The van der Waals surface area contributed by atoms with Gasteiger partial charge in [-0.2, -0.15) is 0 Å². The smallest absolute Gasteiger partial charge is 0.0551 e. The molecule has 0 amide bonds. The number of rotatable bonds is 6. The summed E-state index contributed by atoms with van der Waals surface area (Å²) in [5.41, 5.74) is 4.25. The van der Waals surface area contributed by atoms with E-state index >= 15 is 0 Å². The van der Waals surface area contributed by atoms with E-state index in [-0.39, 0.29) is 0 Å². The minimum atomic E-state index is 0.421. The van der Waals surface area contributed by atoms with Crippen LogP contribution in [0.15, 0.2) is 18.2 Å². The van der Waals surface area contributed by atoms with Crippen molar-refractivity contribution in [2.45, 2.75) is 59.1 Å². The fourth-order valence-corrected chi connectivity index (χ4v) is 3.12. The van der Waals surface area contributed by atoms with Gasteiger partial charge in [-0.3, -0.25) is 0 Å². The van der Waals surface area contributed by atoms with Gasteiger partial charge in [0.15, 0.2) is 0 Å². The van der Waals surface area contributed by atoms with E-state index in [2.05, 4.69) is 51.2 Å². The van der Waals surface area contributed by atoms with Gasteiger partial charge in [0.1, 0.15) is 0 Å². The zero-order valence-electron chi connectivity index (χ0n) is 13.4. The second kappa shape index (κ2) is 7.24. The van der Waals surface area contributed by atoms with Crippen LogP contribution < -0.4 is 5.32 Å². The van der Waals surface area contributed by atoms with E-state index < -0.39 is 0 Å². The first-order valence-corrected chi connectivity index (χ1v) is 8.01. The Morgan fingerprint density at radius 1 is 1.35 bits per heavy atom. The highest BCUT2D eigenvalue weighted by atomic mass is 16.5. The molecule has 2 nitrogen and oxygen atoms in total. The first kappa shape index (κ1) is 15.5. The predicted octanol–water partition coefficient (Wildman–Crippen LogP) is 3.64. The third-order valence-corrected chi connectivity index (χ3v) is 4.40. The first-order valence-electron chi connectivity index (χ1n) is 8.01. The molecule has 0 saturated carbocycles. The fourth-order valence-electron chi connectivity index (χ4n) is 3.12. The van der Waals surface area contributed by atoms with Crippen LogP contribution >= 0.6 is 0 Å². The molecular weight excluding hydrogens is 246 g/mol. The minimum Gasteiger partial charge on any atom is -0.378 e. The largest absolute Gasteiger partial charge is 0.378 e. The number of nitrogens with one attached hydrogen (secondary N) is 1. The topological polar surface area (TPSA) is 21.3 Å². The van der Waals surface area contributed by atoms with Crippen molar-refractivity contribution in [3.05, 3.63) is 34.9 Å². The van der Waals surface area contributed by atoms with Crippen LogP contribution in [0.2, 0.25) is 0 Å². The quantitative estimate of drug-likeness (QED) is 0.856. The summed E-state index contributed by atoms with van der Waals surface area (Å²) >= 11 is 0. The van der Waals surface area contributed by atoms with Crippen molar-refractivity contribution in [3.8, 4) is 0 Å². The number of hydrogen-bond acceptors (Lipinski definition) is 2. The SMILES string of the molecule is CCCNC(Cc1cc(C)ccc1C)C1COC(C)C1. The average molecular weight is 275 g/mol. The highest BCUT2D eigenvalue weighted by Crippen LogP contribution is 2.25. The molecule has 3 unspecified atom stereocenters. The van der Waals surface area contributed by atoms with Gasteiger partial charge in [-0.15, -0.1) is 0 Å². The Kier molecular flexibility index (Phi) is 5.62. The van der Waals surface area contributed by atoms with Crippen molar-refractivity contribution in [2.24, 2.45) is 5.92 Å². The van der Waals surface area contributed by atoms with Crippen molar-refractivity contribution >= 4 is 0 Å². The fraction of sp³-hybridized carbons (Fsp3) is 0.667. The maximum Gasteiger partial charge on any atom is 0.0551 e. The van der Waals surface area contributed by atoms with Crippen LogP contribution in [0.1, 0.15) is 43.4 Å². The van der Waals surface area contributed by atoms with Crippen molar-refractivity contribution < 1.29 is 4.74 Å². The van der Waals surface area contributed by atoms with Gasteiger partial charge in [0.25, 0.3) is 0 Å². The van der Waals surface area contributed by atoms with E-state index in [0.29, 0.717) is 18.1 Å². The van der Waals surface area contributed by atoms with E-state index in [1.165, 1.54) is 29.5 Å². The summed E-state index contributed by atoms with van der Waals surface area (Å²) in [4.78, 5) is 0. The molecule has 0 bridgehead atoms. The molecule has 2 heteroatoms. The first-order chi connectivity index (χ1) is 9.60. The Morgan fingerprint density at radius 3 is 2.80 bits per heavy atom. The van der Waals surface area contributed by atoms with Crippen molar-refractivity contribution in [2.75, 3.05) is 13.2 Å². The van der Waals surface area contributed by atoms with Crippen LogP contribution in [0.25, 0.3) is 0 Å². The standard InChI is InChI=1S/C18H29NO/c1-5-8-19-18(17-10-15(4)20-12-17)11-16-9-13(2)6-7-14(16)3/h6-7,9,15,17-19H,5,8,10-12H2,1-4H3. The van der Waals surface area contributed by atoms with Gasteiger partial charge in [0.2, 0.25) is 0 Å². The number of aryl methyl sites for hydroxylation is 2. The lowest BCUT2D eigenvalue weighted by Crippen LogP contribution is -2.39. The summed E-state index contributed by atoms with van der Waals surface area (Å²) < 4.78 is 5.78. The summed E-state index contributed by atoms with van der Waals surface area (Å²) in [6, 6.07) is 7.33. The second-order valence-corrected chi connectivity index (χ2v) is 6.33. The van der Waals surface area contributed by atoms with E-state index in [9.17, 15) is 0 Å². The van der Waals surface area contributed by atoms with Gasteiger partial charge < -0.3 is 10.1 Å². The molecule has 1 saturated heterocycles. The van der Waals surface area contributed by atoms with Gasteiger partial charge in [-0.05, 0) is 57.7 Å². The normalized spacial score (nSPS) is 24.0. The van der Waals surface area contributed by atoms with Crippen LogP contribution in [0, 0.1) is 19.8 Å². The third-order valence-electron chi connectivity index (χ3n) is 4.40. The number of hydrogen-bond donors (Lipinski definition) is 1. The molecule has 20 heavy (non-hydrogen) atoms. The van der Waals surface area contributed by atoms with Crippen molar-refractivity contribution in [1.82, 2.24) is 5.32 Å². The molecule has 112 valence electrons. The van der Waals surface area contributed by atoms with Crippen molar-refractivity contribution in [3.63, 3.8) is 0 Å². The van der Waals surface area contributed by atoms with Gasteiger partial charge in [-0.25, -0.2) is 0 Å². The zero-order valence-corrected chi connectivity index (χ0v) is 13.4. The highest BCUT2D eigenvalue weighted by molar-refractivity contribution is 5.31. The zero-order chi connectivity index (χ0) is 14.5. The van der Waals surface area contributed by atoms with Crippen LogP contribution in [0.4, 0.5) is 0 Å².